The summed E-state index contributed by atoms with van der Waals surface area (Å²) in [6.45, 7) is 2.41. The van der Waals surface area contributed by atoms with Gasteiger partial charge in [-0.25, -0.2) is 4.68 Å². The molecule has 0 spiro atoms. The van der Waals surface area contributed by atoms with Crippen molar-refractivity contribution in [2.24, 2.45) is 0 Å². The second-order valence-corrected chi connectivity index (χ2v) is 5.76. The number of hydrogen-bond donors (Lipinski definition) is 0. The number of esters is 1. The van der Waals surface area contributed by atoms with Gasteiger partial charge in [-0.3, -0.25) is 9.59 Å². The van der Waals surface area contributed by atoms with Crippen molar-refractivity contribution in [1.29, 1.82) is 0 Å². The van der Waals surface area contributed by atoms with E-state index in [1.165, 1.54) is 11.8 Å². The molecule has 0 N–H and O–H groups in total. The molecule has 1 aliphatic heterocycles. The first-order valence-electron chi connectivity index (χ1n) is 7.71. The molecule has 6 nitrogen and oxygen atoms in total. The molecule has 0 saturated heterocycles. The van der Waals surface area contributed by atoms with E-state index in [2.05, 4.69) is 11.2 Å². The Balaban J connectivity index is 1.94. The van der Waals surface area contributed by atoms with Crippen LogP contribution in [-0.2, 0) is 22.5 Å². The lowest BCUT2D eigenvalue weighted by molar-refractivity contribution is -0.436. The monoisotopic (exact) mass is 346 g/mol. The normalized spacial score (nSPS) is 13.2. The fourth-order valence-corrected chi connectivity index (χ4v) is 2.90. The maximum Gasteiger partial charge on any atom is 0.327 e. The van der Waals surface area contributed by atoms with Crippen LogP contribution in [0.1, 0.15) is 18.1 Å². The van der Waals surface area contributed by atoms with Crippen molar-refractivity contribution >= 4 is 29.5 Å². The predicted octanol–water partition coefficient (Wildman–Crippen LogP) is 1.78. The minimum Gasteiger partial charge on any atom is -0.465 e. The lowest BCUT2D eigenvalue weighted by atomic mass is 10.0. The van der Waals surface area contributed by atoms with Gasteiger partial charge in [0.2, 0.25) is 5.69 Å². The van der Waals surface area contributed by atoms with E-state index < -0.39 is 11.5 Å². The summed E-state index contributed by atoms with van der Waals surface area (Å²) in [6, 6.07) is 8.08. The SMILES string of the molecule is CCOC(=O)Cn1ncc([N+]2=Cc3ccccc3CC2)c(Cl)c1=O. The molecule has 0 atom stereocenters. The summed E-state index contributed by atoms with van der Waals surface area (Å²) < 4.78 is 7.75. The van der Waals surface area contributed by atoms with Crippen molar-refractivity contribution in [2.45, 2.75) is 19.9 Å². The number of carbonyl (C=O) groups excluding carboxylic acids is 1. The largest absolute Gasteiger partial charge is 0.465 e. The molecule has 2 aromatic rings. The first-order valence-corrected chi connectivity index (χ1v) is 8.08. The molecular weight excluding hydrogens is 330 g/mol. The van der Waals surface area contributed by atoms with Gasteiger partial charge in [0.15, 0.2) is 17.8 Å². The molecule has 0 bridgehead atoms. The average Bonchev–Trinajstić information content (AvgIpc) is 2.59. The summed E-state index contributed by atoms with van der Waals surface area (Å²) in [7, 11) is 0. The highest BCUT2D eigenvalue weighted by atomic mass is 35.5. The zero-order chi connectivity index (χ0) is 17.1. The molecule has 0 aliphatic carbocycles. The highest BCUT2D eigenvalue weighted by Gasteiger charge is 2.23. The van der Waals surface area contributed by atoms with E-state index in [0.29, 0.717) is 12.2 Å². The van der Waals surface area contributed by atoms with Crippen LogP contribution in [0.2, 0.25) is 5.02 Å². The van der Waals surface area contributed by atoms with Crippen molar-refractivity contribution in [1.82, 2.24) is 9.78 Å². The van der Waals surface area contributed by atoms with Crippen LogP contribution in [0.15, 0.2) is 35.3 Å². The highest BCUT2D eigenvalue weighted by molar-refractivity contribution is 6.32. The van der Waals surface area contributed by atoms with Crippen LogP contribution in [0.3, 0.4) is 0 Å². The maximum atomic E-state index is 12.3. The van der Waals surface area contributed by atoms with Gasteiger partial charge >= 0.3 is 5.97 Å². The van der Waals surface area contributed by atoms with E-state index in [4.69, 9.17) is 16.3 Å². The van der Waals surface area contributed by atoms with Crippen molar-refractivity contribution in [3.63, 3.8) is 0 Å². The zero-order valence-corrected chi connectivity index (χ0v) is 14.0. The second-order valence-electron chi connectivity index (χ2n) is 5.38. The quantitative estimate of drug-likeness (QED) is 0.625. The van der Waals surface area contributed by atoms with Gasteiger partial charge in [-0.2, -0.15) is 9.67 Å². The third-order valence-electron chi connectivity index (χ3n) is 3.83. The van der Waals surface area contributed by atoms with Crippen LogP contribution >= 0.6 is 11.6 Å². The number of rotatable bonds is 4. The average molecular weight is 347 g/mol. The van der Waals surface area contributed by atoms with Crippen LogP contribution in [0.4, 0.5) is 5.69 Å². The molecule has 0 saturated carbocycles. The second kappa shape index (κ2) is 6.97. The Bertz CT molecular complexity index is 874. The molecule has 124 valence electrons. The summed E-state index contributed by atoms with van der Waals surface area (Å²) in [5, 5.41) is 4.10. The van der Waals surface area contributed by atoms with Crippen LogP contribution in [0.25, 0.3) is 0 Å². The zero-order valence-electron chi connectivity index (χ0n) is 13.2. The van der Waals surface area contributed by atoms with E-state index in [1.807, 2.05) is 29.0 Å². The minimum atomic E-state index is -0.519. The summed E-state index contributed by atoms with van der Waals surface area (Å²) in [6.07, 6.45) is 4.32. The molecule has 0 fully saturated rings. The fourth-order valence-electron chi connectivity index (χ4n) is 2.65. The van der Waals surface area contributed by atoms with Gasteiger partial charge < -0.3 is 4.74 Å². The molecule has 0 unspecified atom stereocenters. The molecule has 1 aliphatic rings. The van der Waals surface area contributed by atoms with Crippen LogP contribution in [0, 0.1) is 0 Å². The minimum absolute atomic E-state index is 0.0462. The van der Waals surface area contributed by atoms with Gasteiger partial charge in [-0.1, -0.05) is 29.8 Å². The smallest absolute Gasteiger partial charge is 0.327 e. The number of halogens is 1. The van der Waals surface area contributed by atoms with Crippen molar-refractivity contribution in [3.8, 4) is 0 Å². The van der Waals surface area contributed by atoms with E-state index >= 15 is 0 Å². The summed E-state index contributed by atoms with van der Waals surface area (Å²) in [4.78, 5) is 23.9. The van der Waals surface area contributed by atoms with Crippen molar-refractivity contribution < 1.29 is 14.1 Å². The highest BCUT2D eigenvalue weighted by Crippen LogP contribution is 2.22. The topological polar surface area (TPSA) is 64.2 Å². The van der Waals surface area contributed by atoms with Gasteiger partial charge in [-0.05, 0) is 18.6 Å². The predicted molar refractivity (Wildman–Crippen MR) is 90.2 cm³/mol. The number of aromatic nitrogens is 2. The van der Waals surface area contributed by atoms with E-state index in [1.54, 1.807) is 6.92 Å². The van der Waals surface area contributed by atoms with E-state index in [0.717, 1.165) is 16.7 Å². The van der Waals surface area contributed by atoms with E-state index in [-0.39, 0.29) is 18.2 Å². The Hall–Kier alpha value is -2.47. The number of hydrogen-bond acceptors (Lipinski definition) is 4. The standard InChI is InChI=1S/C17H17ClN3O3/c1-2-24-15(22)11-21-17(23)16(18)14(9-19-21)20-8-7-12-5-3-4-6-13(12)10-20/h3-6,9-10H,2,7-8,11H2,1H3/q+1. The molecule has 0 radical (unpaired) electrons. The fraction of sp³-hybridized carbons (Fsp3) is 0.294. The van der Waals surface area contributed by atoms with E-state index in [9.17, 15) is 9.59 Å². The first-order chi connectivity index (χ1) is 11.6. The van der Waals surface area contributed by atoms with Gasteiger partial charge in [0.1, 0.15) is 12.7 Å². The van der Waals surface area contributed by atoms with Crippen molar-refractivity contribution in [2.75, 3.05) is 13.2 Å². The number of nitrogens with zero attached hydrogens (tertiary/aromatic N) is 3. The first kappa shape index (κ1) is 16.4. The Labute approximate surface area is 144 Å². The molecule has 2 heterocycles. The van der Waals surface area contributed by atoms with Gasteiger partial charge in [-0.15, -0.1) is 0 Å². The Kier molecular flexibility index (Phi) is 4.76. The number of fused-ring (bicyclic) bond motifs is 1. The molecule has 3 rings (SSSR count). The van der Waals surface area contributed by atoms with Gasteiger partial charge in [0.05, 0.1) is 6.61 Å². The van der Waals surface area contributed by atoms with Crippen LogP contribution < -0.4 is 5.56 Å². The third kappa shape index (κ3) is 3.23. The molecule has 7 heteroatoms. The third-order valence-corrected chi connectivity index (χ3v) is 4.19. The molecular formula is C17H17ClN3O3+. The molecule has 0 amide bonds. The lowest BCUT2D eigenvalue weighted by Crippen LogP contribution is -2.29. The van der Waals surface area contributed by atoms with Gasteiger partial charge in [0.25, 0.3) is 5.56 Å². The molecule has 1 aromatic heterocycles. The van der Waals surface area contributed by atoms with Crippen LogP contribution in [-0.4, -0.2) is 39.7 Å². The van der Waals surface area contributed by atoms with Crippen LogP contribution in [0.5, 0.6) is 0 Å². The lowest BCUT2D eigenvalue weighted by Gasteiger charge is -2.12. The molecule has 24 heavy (non-hydrogen) atoms. The summed E-state index contributed by atoms with van der Waals surface area (Å²) in [5.74, 6) is -0.519. The van der Waals surface area contributed by atoms with Gasteiger partial charge in [0, 0.05) is 12.0 Å². The summed E-state index contributed by atoms with van der Waals surface area (Å²) in [5.41, 5.74) is 2.38. The Morgan fingerprint density at radius 2 is 2.21 bits per heavy atom. The Morgan fingerprint density at radius 1 is 1.42 bits per heavy atom. The summed E-state index contributed by atoms with van der Waals surface area (Å²) >= 11 is 6.23. The maximum absolute atomic E-state index is 12.3. The number of carbonyl (C=O) groups is 1. The van der Waals surface area contributed by atoms with Crippen molar-refractivity contribution in [3.05, 3.63) is 57.0 Å². The number of ether oxygens (including phenoxy) is 1. The Morgan fingerprint density at radius 3 is 3.00 bits per heavy atom. The number of benzene rings is 1. The molecule has 1 aromatic carbocycles.